The Morgan fingerprint density at radius 2 is 1.89 bits per heavy atom. The van der Waals surface area contributed by atoms with E-state index in [1.165, 1.54) is 4.90 Å². The zero-order valence-corrected chi connectivity index (χ0v) is 17.5. The predicted molar refractivity (Wildman–Crippen MR) is 114 cm³/mol. The van der Waals surface area contributed by atoms with Gasteiger partial charge in [0.15, 0.2) is 11.5 Å². The largest absolute Gasteiger partial charge is 0.449 e. The van der Waals surface area contributed by atoms with Gasteiger partial charge in [-0.2, -0.15) is 0 Å². The number of hydrogen-bond donors (Lipinski definition) is 1. The maximum atomic E-state index is 13.1. The van der Waals surface area contributed by atoms with Crippen molar-refractivity contribution in [3.05, 3.63) is 64.3 Å². The molecule has 0 unspecified atom stereocenters. The molecule has 3 rings (SSSR count). The number of rotatable bonds is 6. The van der Waals surface area contributed by atoms with Crippen LogP contribution in [0.15, 0.2) is 58.8 Å². The number of hydrogen-bond acceptors (Lipinski definition) is 3. The number of nitrogens with zero attached hydrogens (tertiary/aromatic N) is 1. The van der Waals surface area contributed by atoms with Gasteiger partial charge in [-0.3, -0.25) is 14.5 Å². The van der Waals surface area contributed by atoms with Crippen LogP contribution in [0, 0.1) is 5.92 Å². The van der Waals surface area contributed by atoms with Crippen LogP contribution in [0.25, 0.3) is 6.08 Å². The number of carbonyl (C=O) groups excluding carboxylic acids is 2. The highest BCUT2D eigenvalue weighted by Gasteiger charge is 2.31. The summed E-state index contributed by atoms with van der Waals surface area (Å²) < 4.78 is 6.70. The van der Waals surface area contributed by atoms with Crippen molar-refractivity contribution in [1.29, 1.82) is 0 Å². The number of amides is 2. The van der Waals surface area contributed by atoms with Crippen LogP contribution in [0.5, 0.6) is 5.75 Å². The molecule has 2 amide bonds. The Balaban J connectivity index is 1.85. The van der Waals surface area contributed by atoms with E-state index in [0.717, 1.165) is 16.5 Å². The Hall–Kier alpha value is -2.60. The summed E-state index contributed by atoms with van der Waals surface area (Å²) in [6.07, 6.45) is 2.58. The van der Waals surface area contributed by atoms with Crippen molar-refractivity contribution in [2.75, 3.05) is 18.0 Å². The molecule has 2 aromatic carbocycles. The van der Waals surface area contributed by atoms with Crippen LogP contribution in [-0.4, -0.2) is 24.9 Å². The van der Waals surface area contributed by atoms with Crippen LogP contribution in [0.1, 0.15) is 25.8 Å². The summed E-state index contributed by atoms with van der Waals surface area (Å²) in [5.41, 5.74) is 1.42. The van der Waals surface area contributed by atoms with Crippen molar-refractivity contribution in [3.8, 4) is 5.75 Å². The predicted octanol–water partition coefficient (Wildman–Crippen LogP) is 4.38. The van der Waals surface area contributed by atoms with E-state index in [2.05, 4.69) is 35.1 Å². The Kier molecular flexibility index (Phi) is 6.52. The summed E-state index contributed by atoms with van der Waals surface area (Å²) in [6, 6.07) is 14.8. The average molecular weight is 443 g/mol. The van der Waals surface area contributed by atoms with Gasteiger partial charge in [-0.15, -0.1) is 0 Å². The lowest BCUT2D eigenvalue weighted by Crippen LogP contribution is -2.44. The summed E-state index contributed by atoms with van der Waals surface area (Å²) in [7, 11) is 0. The van der Waals surface area contributed by atoms with Crippen molar-refractivity contribution in [3.63, 3.8) is 0 Å². The van der Waals surface area contributed by atoms with Crippen LogP contribution in [0.2, 0.25) is 0 Å². The fraction of sp³-hybridized carbons (Fsp3) is 0.273. The fourth-order valence-electron chi connectivity index (χ4n) is 2.85. The second kappa shape index (κ2) is 9.06. The molecular formula is C22H23BrN2O3. The lowest BCUT2D eigenvalue weighted by Gasteiger charge is -2.30. The van der Waals surface area contributed by atoms with Gasteiger partial charge in [0.05, 0.1) is 5.69 Å². The molecule has 1 heterocycles. The van der Waals surface area contributed by atoms with E-state index < -0.39 is 0 Å². The van der Waals surface area contributed by atoms with Crippen LogP contribution in [-0.2, 0) is 9.59 Å². The van der Waals surface area contributed by atoms with Crippen LogP contribution < -0.4 is 15.0 Å². The Morgan fingerprint density at radius 3 is 2.64 bits per heavy atom. The number of carbonyl (C=O) groups is 2. The first kappa shape index (κ1) is 20.1. The summed E-state index contributed by atoms with van der Waals surface area (Å²) in [6.45, 7) is 4.75. The van der Waals surface area contributed by atoms with Gasteiger partial charge in [-0.1, -0.05) is 60.1 Å². The number of fused-ring (bicyclic) bond motifs is 1. The molecule has 0 saturated heterocycles. The summed E-state index contributed by atoms with van der Waals surface area (Å²) in [5, 5.41) is 2.89. The number of nitrogens with one attached hydrogen (secondary N) is 1. The van der Waals surface area contributed by atoms with Crippen molar-refractivity contribution < 1.29 is 14.3 Å². The highest BCUT2D eigenvalue weighted by Crippen LogP contribution is 2.35. The van der Waals surface area contributed by atoms with Crippen molar-refractivity contribution in [2.45, 2.75) is 20.3 Å². The van der Waals surface area contributed by atoms with Gasteiger partial charge in [-0.05, 0) is 42.2 Å². The minimum atomic E-state index is -0.339. The fourth-order valence-corrected chi connectivity index (χ4v) is 3.25. The third kappa shape index (κ3) is 4.81. The lowest BCUT2D eigenvalue weighted by molar-refractivity contribution is -0.123. The SMILES string of the molecule is CC(C)CCNC(=O)CN1C(=O)C(=Cc2ccccc2Br)Oc2ccccc21. The zero-order chi connectivity index (χ0) is 20.1. The van der Waals surface area contributed by atoms with E-state index >= 15 is 0 Å². The molecular weight excluding hydrogens is 420 g/mol. The number of benzene rings is 2. The molecule has 0 radical (unpaired) electrons. The molecule has 0 aromatic heterocycles. The minimum absolute atomic E-state index is 0.0510. The normalized spacial score (nSPS) is 14.8. The standard InChI is InChI=1S/C22H23BrN2O3/c1-15(2)11-12-24-21(26)14-25-18-9-5-6-10-19(18)28-20(22(25)27)13-16-7-3-4-8-17(16)23/h3-10,13,15H,11-12,14H2,1-2H3,(H,24,26). The number of para-hydroxylation sites is 2. The highest BCUT2D eigenvalue weighted by atomic mass is 79.9. The molecule has 2 aromatic rings. The van der Waals surface area contributed by atoms with Crippen LogP contribution >= 0.6 is 15.9 Å². The van der Waals surface area contributed by atoms with Gasteiger partial charge < -0.3 is 10.1 Å². The molecule has 1 aliphatic heterocycles. The quantitative estimate of drug-likeness (QED) is 0.675. The zero-order valence-electron chi connectivity index (χ0n) is 15.9. The van der Waals surface area contributed by atoms with E-state index in [1.807, 2.05) is 36.4 Å². The minimum Gasteiger partial charge on any atom is -0.449 e. The van der Waals surface area contributed by atoms with Crippen molar-refractivity contribution in [1.82, 2.24) is 5.32 Å². The van der Waals surface area contributed by atoms with E-state index in [4.69, 9.17) is 4.74 Å². The molecule has 6 heteroatoms. The maximum Gasteiger partial charge on any atom is 0.294 e. The van der Waals surface area contributed by atoms with Gasteiger partial charge >= 0.3 is 0 Å². The first-order valence-corrected chi connectivity index (χ1v) is 10.1. The lowest BCUT2D eigenvalue weighted by atomic mass is 10.1. The summed E-state index contributed by atoms with van der Waals surface area (Å²) >= 11 is 3.48. The Bertz CT molecular complexity index is 908. The molecule has 28 heavy (non-hydrogen) atoms. The van der Waals surface area contributed by atoms with Gasteiger partial charge in [-0.25, -0.2) is 0 Å². The van der Waals surface area contributed by atoms with Crippen molar-refractivity contribution >= 4 is 39.5 Å². The first-order chi connectivity index (χ1) is 13.5. The number of anilines is 1. The molecule has 0 atom stereocenters. The summed E-state index contributed by atoms with van der Waals surface area (Å²) in [4.78, 5) is 26.9. The Labute approximate surface area is 173 Å². The second-order valence-corrected chi connectivity index (χ2v) is 7.88. The molecule has 0 fully saturated rings. The molecule has 146 valence electrons. The third-order valence-corrected chi connectivity index (χ3v) is 5.09. The third-order valence-electron chi connectivity index (χ3n) is 4.37. The van der Waals surface area contributed by atoms with E-state index in [-0.39, 0.29) is 24.1 Å². The molecule has 0 aliphatic carbocycles. The number of ether oxygens (including phenoxy) is 1. The van der Waals surface area contributed by atoms with Crippen LogP contribution in [0.3, 0.4) is 0 Å². The second-order valence-electron chi connectivity index (χ2n) is 7.02. The number of halogens is 1. The highest BCUT2D eigenvalue weighted by molar-refractivity contribution is 9.10. The van der Waals surface area contributed by atoms with Gasteiger partial charge in [0.25, 0.3) is 5.91 Å². The summed E-state index contributed by atoms with van der Waals surface area (Å²) in [5.74, 6) is 0.709. The smallest absolute Gasteiger partial charge is 0.294 e. The van der Waals surface area contributed by atoms with E-state index in [1.54, 1.807) is 18.2 Å². The average Bonchev–Trinajstić information content (AvgIpc) is 2.66. The van der Waals surface area contributed by atoms with E-state index in [0.29, 0.717) is 23.9 Å². The van der Waals surface area contributed by atoms with Gasteiger partial charge in [0.1, 0.15) is 6.54 Å². The molecule has 0 saturated carbocycles. The molecule has 1 aliphatic rings. The topological polar surface area (TPSA) is 58.6 Å². The maximum absolute atomic E-state index is 13.1. The van der Waals surface area contributed by atoms with Crippen molar-refractivity contribution in [2.24, 2.45) is 5.92 Å². The molecule has 0 bridgehead atoms. The van der Waals surface area contributed by atoms with E-state index in [9.17, 15) is 9.59 Å². The monoisotopic (exact) mass is 442 g/mol. The van der Waals surface area contributed by atoms with Crippen LogP contribution in [0.4, 0.5) is 5.69 Å². The van der Waals surface area contributed by atoms with Gasteiger partial charge in [0, 0.05) is 11.0 Å². The molecule has 1 N–H and O–H groups in total. The molecule has 5 nitrogen and oxygen atoms in total. The first-order valence-electron chi connectivity index (χ1n) is 9.27. The molecule has 0 spiro atoms. The van der Waals surface area contributed by atoms with Gasteiger partial charge in [0.2, 0.25) is 5.91 Å². The Morgan fingerprint density at radius 1 is 1.18 bits per heavy atom.